The second kappa shape index (κ2) is 8.14. The van der Waals surface area contributed by atoms with E-state index in [1.165, 1.54) is 23.9 Å². The Morgan fingerprint density at radius 1 is 1.23 bits per heavy atom. The predicted molar refractivity (Wildman–Crippen MR) is 109 cm³/mol. The van der Waals surface area contributed by atoms with E-state index in [2.05, 4.69) is 5.10 Å². The molecule has 7 nitrogen and oxygen atoms in total. The molecule has 1 aromatic heterocycles. The first-order valence-electron chi connectivity index (χ1n) is 9.81. The number of hydrogen-bond donors (Lipinski definition) is 0. The second-order valence-electron chi connectivity index (χ2n) is 7.34. The molecule has 30 heavy (non-hydrogen) atoms. The fraction of sp³-hybridized carbons (Fsp3) is 0.318. The number of methoxy groups -OCH3 is 1. The summed E-state index contributed by atoms with van der Waals surface area (Å²) in [7, 11) is 2.98. The Balaban J connectivity index is 1.67. The Morgan fingerprint density at radius 3 is 2.70 bits per heavy atom. The van der Waals surface area contributed by atoms with Gasteiger partial charge in [0.2, 0.25) is 0 Å². The maximum atomic E-state index is 14.1. The van der Waals surface area contributed by atoms with Gasteiger partial charge >= 0.3 is 5.69 Å². The summed E-state index contributed by atoms with van der Waals surface area (Å²) in [6, 6.07) is 13.5. The van der Waals surface area contributed by atoms with Crippen LogP contribution < -0.4 is 10.4 Å². The molecule has 0 N–H and O–H groups in total. The molecule has 1 aliphatic rings. The highest BCUT2D eigenvalue weighted by Gasteiger charge is 2.35. The SMILES string of the molecule is COc1ccc(C(=O)N2CCCC2c2nn(C)c(=O)n2Cc2ccccc2)cc1F. The lowest BCUT2D eigenvalue weighted by Crippen LogP contribution is -2.33. The Kier molecular flexibility index (Phi) is 5.39. The van der Waals surface area contributed by atoms with Crippen molar-refractivity contribution < 1.29 is 13.9 Å². The van der Waals surface area contributed by atoms with Gasteiger partial charge in [0.15, 0.2) is 17.4 Å². The number of carbonyl (C=O) groups excluding carboxylic acids is 1. The minimum absolute atomic E-state index is 0.0888. The van der Waals surface area contributed by atoms with Crippen LogP contribution in [0, 0.1) is 5.82 Å². The van der Waals surface area contributed by atoms with Crippen molar-refractivity contribution in [3.8, 4) is 5.75 Å². The zero-order valence-electron chi connectivity index (χ0n) is 16.9. The van der Waals surface area contributed by atoms with E-state index in [-0.39, 0.29) is 29.0 Å². The molecule has 8 heteroatoms. The minimum Gasteiger partial charge on any atom is -0.494 e. The zero-order valence-corrected chi connectivity index (χ0v) is 16.9. The predicted octanol–water partition coefficient (Wildman–Crippen LogP) is 2.76. The van der Waals surface area contributed by atoms with Crippen LogP contribution >= 0.6 is 0 Å². The number of halogens is 1. The van der Waals surface area contributed by atoms with Crippen molar-refractivity contribution >= 4 is 5.91 Å². The lowest BCUT2D eigenvalue weighted by molar-refractivity contribution is 0.0726. The average Bonchev–Trinajstić information content (AvgIpc) is 3.34. The van der Waals surface area contributed by atoms with Gasteiger partial charge in [0.05, 0.1) is 19.7 Å². The first-order chi connectivity index (χ1) is 14.5. The largest absolute Gasteiger partial charge is 0.494 e. The van der Waals surface area contributed by atoms with Gasteiger partial charge in [-0.3, -0.25) is 9.36 Å². The summed E-state index contributed by atoms with van der Waals surface area (Å²) in [5, 5.41) is 4.44. The summed E-state index contributed by atoms with van der Waals surface area (Å²) in [4.78, 5) is 27.5. The number of benzene rings is 2. The molecule has 0 spiro atoms. The van der Waals surface area contributed by atoms with Crippen molar-refractivity contribution in [3.63, 3.8) is 0 Å². The third-order valence-electron chi connectivity index (χ3n) is 5.43. The van der Waals surface area contributed by atoms with Gasteiger partial charge in [-0.05, 0) is 36.6 Å². The van der Waals surface area contributed by atoms with E-state index in [9.17, 15) is 14.0 Å². The van der Waals surface area contributed by atoms with Crippen molar-refractivity contribution in [3.05, 3.63) is 81.8 Å². The van der Waals surface area contributed by atoms with Crippen LogP contribution in [-0.4, -0.2) is 38.8 Å². The van der Waals surface area contributed by atoms with E-state index in [0.29, 0.717) is 25.3 Å². The van der Waals surface area contributed by atoms with Gasteiger partial charge in [-0.25, -0.2) is 13.9 Å². The second-order valence-corrected chi connectivity index (χ2v) is 7.34. The zero-order chi connectivity index (χ0) is 21.3. The van der Waals surface area contributed by atoms with E-state index in [0.717, 1.165) is 12.0 Å². The number of ether oxygens (including phenoxy) is 1. The first-order valence-corrected chi connectivity index (χ1v) is 9.81. The molecule has 1 unspecified atom stereocenters. The standard InChI is InChI=1S/C22H23FN4O3/c1-25-22(29)27(14-15-7-4-3-5-8-15)20(24-25)18-9-6-12-26(18)21(28)16-10-11-19(30-2)17(23)13-16/h3-5,7-8,10-11,13,18H,6,9,12,14H2,1-2H3. The molecule has 2 heterocycles. The third-order valence-corrected chi connectivity index (χ3v) is 5.43. The monoisotopic (exact) mass is 410 g/mol. The number of hydrogen-bond acceptors (Lipinski definition) is 4. The maximum absolute atomic E-state index is 14.1. The first kappa shape index (κ1) is 19.9. The fourth-order valence-corrected chi connectivity index (χ4v) is 3.93. The lowest BCUT2D eigenvalue weighted by atomic mass is 10.1. The molecular formula is C22H23FN4O3. The van der Waals surface area contributed by atoms with Crippen LogP contribution in [0.4, 0.5) is 4.39 Å². The van der Waals surface area contributed by atoms with Gasteiger partial charge < -0.3 is 9.64 Å². The van der Waals surface area contributed by atoms with E-state index in [4.69, 9.17) is 4.74 Å². The highest BCUT2D eigenvalue weighted by molar-refractivity contribution is 5.94. The quantitative estimate of drug-likeness (QED) is 0.649. The van der Waals surface area contributed by atoms with E-state index in [1.807, 2.05) is 30.3 Å². The van der Waals surface area contributed by atoms with Crippen LogP contribution in [0.5, 0.6) is 5.75 Å². The molecule has 4 rings (SSSR count). The summed E-state index contributed by atoms with van der Waals surface area (Å²) >= 11 is 0. The number of likely N-dealkylation sites (tertiary alicyclic amines) is 1. The van der Waals surface area contributed by atoms with Gasteiger partial charge in [-0.1, -0.05) is 30.3 Å². The molecule has 2 aromatic carbocycles. The Bertz CT molecular complexity index is 1120. The van der Waals surface area contributed by atoms with Crippen molar-refractivity contribution in [1.82, 2.24) is 19.2 Å². The summed E-state index contributed by atoms with van der Waals surface area (Å²) < 4.78 is 22.0. The minimum atomic E-state index is -0.585. The van der Waals surface area contributed by atoms with Crippen LogP contribution in [0.15, 0.2) is 53.3 Å². The third kappa shape index (κ3) is 3.60. The fourth-order valence-electron chi connectivity index (χ4n) is 3.93. The molecule has 1 atom stereocenters. The van der Waals surface area contributed by atoms with E-state index < -0.39 is 5.82 Å². The molecule has 1 aliphatic heterocycles. The van der Waals surface area contributed by atoms with Crippen molar-refractivity contribution in [2.24, 2.45) is 7.05 Å². The number of amides is 1. The van der Waals surface area contributed by atoms with Gasteiger partial charge in [0, 0.05) is 19.2 Å². The highest BCUT2D eigenvalue weighted by atomic mass is 19.1. The molecule has 1 saturated heterocycles. The Morgan fingerprint density at radius 2 is 2.00 bits per heavy atom. The molecule has 3 aromatic rings. The average molecular weight is 410 g/mol. The van der Waals surface area contributed by atoms with Crippen LogP contribution in [-0.2, 0) is 13.6 Å². The molecule has 1 amide bonds. The molecular weight excluding hydrogens is 387 g/mol. The molecule has 0 bridgehead atoms. The summed E-state index contributed by atoms with van der Waals surface area (Å²) in [6.45, 7) is 0.895. The number of aromatic nitrogens is 3. The highest BCUT2D eigenvalue weighted by Crippen LogP contribution is 2.32. The van der Waals surface area contributed by atoms with Crippen LogP contribution in [0.25, 0.3) is 0 Å². The summed E-state index contributed by atoms with van der Waals surface area (Å²) in [5.74, 6) is -0.238. The summed E-state index contributed by atoms with van der Waals surface area (Å²) in [5.41, 5.74) is 0.985. The van der Waals surface area contributed by atoms with Crippen LogP contribution in [0.3, 0.4) is 0 Å². The maximum Gasteiger partial charge on any atom is 0.346 e. The number of rotatable bonds is 5. The van der Waals surface area contributed by atoms with Crippen molar-refractivity contribution in [1.29, 1.82) is 0 Å². The van der Waals surface area contributed by atoms with Gasteiger partial charge in [-0.2, -0.15) is 5.10 Å². The van der Waals surface area contributed by atoms with E-state index in [1.54, 1.807) is 22.6 Å². The van der Waals surface area contributed by atoms with Gasteiger partial charge in [-0.15, -0.1) is 0 Å². The van der Waals surface area contributed by atoms with Gasteiger partial charge in [0.25, 0.3) is 5.91 Å². The smallest absolute Gasteiger partial charge is 0.346 e. The number of nitrogens with zero attached hydrogens (tertiary/aromatic N) is 4. The number of aryl methyl sites for hydroxylation is 1. The van der Waals surface area contributed by atoms with Crippen LogP contribution in [0.2, 0.25) is 0 Å². The summed E-state index contributed by atoms with van der Waals surface area (Å²) in [6.07, 6.45) is 1.47. The molecule has 156 valence electrons. The molecule has 1 fully saturated rings. The van der Waals surface area contributed by atoms with Crippen LogP contribution in [0.1, 0.15) is 40.6 Å². The van der Waals surface area contributed by atoms with Gasteiger partial charge in [0.1, 0.15) is 0 Å². The van der Waals surface area contributed by atoms with Crippen molar-refractivity contribution in [2.75, 3.05) is 13.7 Å². The Labute approximate surface area is 173 Å². The molecule has 0 saturated carbocycles. The van der Waals surface area contributed by atoms with Crippen molar-refractivity contribution in [2.45, 2.75) is 25.4 Å². The lowest BCUT2D eigenvalue weighted by Gasteiger charge is -2.24. The topological polar surface area (TPSA) is 69.4 Å². The molecule has 0 aliphatic carbocycles. The normalized spacial score (nSPS) is 16.1. The molecule has 0 radical (unpaired) electrons. The number of carbonyl (C=O) groups is 1. The van der Waals surface area contributed by atoms with E-state index >= 15 is 0 Å². The Hall–Kier alpha value is -3.42.